The monoisotopic (exact) mass is 221 g/mol. The summed E-state index contributed by atoms with van der Waals surface area (Å²) in [7, 11) is 1.81. The minimum absolute atomic E-state index is 0.207. The van der Waals surface area contributed by atoms with E-state index in [1.807, 2.05) is 25.4 Å². The number of aryl methyl sites for hydroxylation is 1. The molecule has 0 bridgehead atoms. The Balaban J connectivity index is 2.90. The number of aromatic nitrogens is 1. The maximum absolute atomic E-state index is 11.6. The van der Waals surface area contributed by atoms with E-state index in [1.54, 1.807) is 22.4 Å². The summed E-state index contributed by atoms with van der Waals surface area (Å²) in [6.07, 6.45) is 3.43. The van der Waals surface area contributed by atoms with Crippen LogP contribution in [0.5, 0.6) is 5.75 Å². The zero-order valence-electron chi connectivity index (χ0n) is 8.52. The van der Waals surface area contributed by atoms with E-state index in [1.165, 1.54) is 6.20 Å². The highest BCUT2D eigenvalue weighted by molar-refractivity contribution is 7.98. The first kappa shape index (κ1) is 10.1. The summed E-state index contributed by atoms with van der Waals surface area (Å²) in [6.45, 7) is 0. The third-order valence-electron chi connectivity index (χ3n) is 2.38. The maximum Gasteiger partial charge on any atom is 0.230 e. The van der Waals surface area contributed by atoms with Gasteiger partial charge in [-0.1, -0.05) is 0 Å². The van der Waals surface area contributed by atoms with Gasteiger partial charge in [0, 0.05) is 17.3 Å². The molecule has 0 radical (unpaired) electrons. The molecule has 0 aliphatic carbocycles. The lowest BCUT2D eigenvalue weighted by Gasteiger charge is -2.07. The summed E-state index contributed by atoms with van der Waals surface area (Å²) < 4.78 is 1.76. The van der Waals surface area contributed by atoms with Gasteiger partial charge in [-0.05, 0) is 24.5 Å². The first-order valence-electron chi connectivity index (χ1n) is 4.50. The summed E-state index contributed by atoms with van der Waals surface area (Å²) in [5, 5.41) is 9.94. The molecule has 3 nitrogen and oxygen atoms in total. The van der Waals surface area contributed by atoms with Gasteiger partial charge in [-0.2, -0.15) is 0 Å². The summed E-state index contributed by atoms with van der Waals surface area (Å²) in [6, 6.07) is 5.58. The third kappa shape index (κ3) is 1.61. The first-order chi connectivity index (χ1) is 7.13. The van der Waals surface area contributed by atoms with Gasteiger partial charge in [0.05, 0.1) is 11.7 Å². The van der Waals surface area contributed by atoms with Gasteiger partial charge in [-0.15, -0.1) is 11.8 Å². The van der Waals surface area contributed by atoms with Crippen molar-refractivity contribution in [3.63, 3.8) is 0 Å². The first-order valence-corrected chi connectivity index (χ1v) is 5.72. The molecule has 1 aromatic heterocycles. The molecule has 1 N–H and O–H groups in total. The van der Waals surface area contributed by atoms with Crippen LogP contribution >= 0.6 is 11.8 Å². The molecule has 0 fully saturated rings. The van der Waals surface area contributed by atoms with Crippen LogP contribution in [0, 0.1) is 0 Å². The fourth-order valence-corrected chi connectivity index (χ4v) is 2.01. The summed E-state index contributed by atoms with van der Waals surface area (Å²) in [5.74, 6) is -0.207. The van der Waals surface area contributed by atoms with Crippen LogP contribution in [0.2, 0.25) is 0 Å². The molecule has 78 valence electrons. The zero-order valence-corrected chi connectivity index (χ0v) is 9.34. The summed E-state index contributed by atoms with van der Waals surface area (Å²) in [5.41, 5.74) is 0.528. The van der Waals surface area contributed by atoms with Crippen LogP contribution in [-0.2, 0) is 7.05 Å². The Morgan fingerprint density at radius 1 is 1.40 bits per heavy atom. The summed E-state index contributed by atoms with van der Waals surface area (Å²) in [4.78, 5) is 12.7. The van der Waals surface area contributed by atoms with Crippen LogP contribution in [-0.4, -0.2) is 15.9 Å². The Bertz CT molecular complexity index is 575. The maximum atomic E-state index is 11.6. The number of aromatic hydroxyl groups is 1. The number of rotatable bonds is 1. The van der Waals surface area contributed by atoms with Crippen molar-refractivity contribution in [2.24, 2.45) is 7.05 Å². The van der Waals surface area contributed by atoms with Gasteiger partial charge in [-0.3, -0.25) is 4.79 Å². The van der Waals surface area contributed by atoms with E-state index in [4.69, 9.17) is 0 Å². The van der Waals surface area contributed by atoms with Gasteiger partial charge in [-0.25, -0.2) is 0 Å². The largest absolute Gasteiger partial charge is 0.503 e. The van der Waals surface area contributed by atoms with Gasteiger partial charge in [0.15, 0.2) is 5.75 Å². The number of hydrogen-bond donors (Lipinski definition) is 1. The molecule has 1 aromatic carbocycles. The standard InChI is InChI=1S/C11H11NO2S/c1-12-6-10(13)11(14)8-4-3-7(15-2)5-9(8)12/h3-6,13H,1-2H3. The minimum atomic E-state index is -0.309. The quantitative estimate of drug-likeness (QED) is 0.748. The molecule has 0 unspecified atom stereocenters. The minimum Gasteiger partial charge on any atom is -0.503 e. The zero-order chi connectivity index (χ0) is 11.0. The van der Waals surface area contributed by atoms with E-state index in [0.717, 1.165) is 10.4 Å². The van der Waals surface area contributed by atoms with Crippen LogP contribution in [0.15, 0.2) is 34.1 Å². The van der Waals surface area contributed by atoms with Crippen molar-refractivity contribution in [3.8, 4) is 5.75 Å². The fraction of sp³-hybridized carbons (Fsp3) is 0.182. The predicted octanol–water partition coefficient (Wildman–Crippen LogP) is 1.97. The second-order valence-electron chi connectivity index (χ2n) is 3.34. The van der Waals surface area contributed by atoms with Crippen molar-refractivity contribution in [1.29, 1.82) is 0 Å². The molecule has 2 aromatic rings. The van der Waals surface area contributed by atoms with Gasteiger partial charge < -0.3 is 9.67 Å². The van der Waals surface area contributed by atoms with Crippen LogP contribution in [0.3, 0.4) is 0 Å². The van der Waals surface area contributed by atoms with Gasteiger partial charge in [0.25, 0.3) is 0 Å². The average molecular weight is 221 g/mol. The van der Waals surface area contributed by atoms with Crippen molar-refractivity contribution in [2.75, 3.05) is 6.26 Å². The second-order valence-corrected chi connectivity index (χ2v) is 4.22. The normalized spacial score (nSPS) is 10.8. The van der Waals surface area contributed by atoms with Crippen LogP contribution in [0.4, 0.5) is 0 Å². The lowest BCUT2D eigenvalue weighted by Crippen LogP contribution is -2.06. The number of thioether (sulfide) groups is 1. The van der Waals surface area contributed by atoms with Crippen molar-refractivity contribution in [1.82, 2.24) is 4.57 Å². The lowest BCUT2D eigenvalue weighted by molar-refractivity contribution is 0.466. The Hall–Kier alpha value is -1.42. The Kier molecular flexibility index (Phi) is 2.44. The lowest BCUT2D eigenvalue weighted by atomic mass is 10.2. The van der Waals surface area contributed by atoms with Crippen molar-refractivity contribution >= 4 is 22.7 Å². The van der Waals surface area contributed by atoms with E-state index < -0.39 is 0 Å². The van der Waals surface area contributed by atoms with Crippen LogP contribution in [0.1, 0.15) is 0 Å². The van der Waals surface area contributed by atoms with Crippen molar-refractivity contribution < 1.29 is 5.11 Å². The molecule has 4 heteroatoms. The number of benzene rings is 1. The SMILES string of the molecule is CSc1ccc2c(=O)c(O)cn(C)c2c1. The molecular weight excluding hydrogens is 210 g/mol. The molecule has 0 saturated carbocycles. The number of fused-ring (bicyclic) bond motifs is 1. The molecule has 2 rings (SSSR count). The van der Waals surface area contributed by atoms with E-state index in [0.29, 0.717) is 5.39 Å². The third-order valence-corrected chi connectivity index (χ3v) is 3.10. The number of pyridine rings is 1. The molecule has 0 aliphatic heterocycles. The molecule has 0 amide bonds. The van der Waals surface area contributed by atoms with Gasteiger partial charge in [0.1, 0.15) is 0 Å². The smallest absolute Gasteiger partial charge is 0.230 e. The van der Waals surface area contributed by atoms with Gasteiger partial charge >= 0.3 is 0 Å². The van der Waals surface area contributed by atoms with E-state index in [9.17, 15) is 9.90 Å². The second kappa shape index (κ2) is 3.62. The Morgan fingerprint density at radius 2 is 2.13 bits per heavy atom. The molecule has 0 spiro atoms. The van der Waals surface area contributed by atoms with E-state index in [2.05, 4.69) is 0 Å². The molecule has 0 saturated heterocycles. The number of nitrogens with zero attached hydrogens (tertiary/aromatic N) is 1. The Morgan fingerprint density at radius 3 is 2.80 bits per heavy atom. The highest BCUT2D eigenvalue weighted by Crippen LogP contribution is 2.21. The topological polar surface area (TPSA) is 42.2 Å². The molecule has 0 aliphatic rings. The van der Waals surface area contributed by atoms with E-state index >= 15 is 0 Å². The van der Waals surface area contributed by atoms with Gasteiger partial charge in [0.2, 0.25) is 5.43 Å². The van der Waals surface area contributed by atoms with Crippen molar-refractivity contribution in [2.45, 2.75) is 4.90 Å². The fourth-order valence-electron chi connectivity index (χ4n) is 1.57. The van der Waals surface area contributed by atoms with Crippen molar-refractivity contribution in [3.05, 3.63) is 34.6 Å². The van der Waals surface area contributed by atoms with E-state index in [-0.39, 0.29) is 11.2 Å². The molecule has 0 atom stereocenters. The van der Waals surface area contributed by atoms with Crippen LogP contribution in [0.25, 0.3) is 10.9 Å². The average Bonchev–Trinajstić information content (AvgIpc) is 2.25. The summed E-state index contributed by atoms with van der Waals surface area (Å²) >= 11 is 1.62. The van der Waals surface area contributed by atoms with Crippen LogP contribution < -0.4 is 5.43 Å². The molecule has 15 heavy (non-hydrogen) atoms. The Labute approximate surface area is 91.4 Å². The highest BCUT2D eigenvalue weighted by Gasteiger charge is 2.06. The number of hydrogen-bond acceptors (Lipinski definition) is 3. The predicted molar refractivity (Wildman–Crippen MR) is 62.6 cm³/mol. The molecule has 1 heterocycles. The highest BCUT2D eigenvalue weighted by atomic mass is 32.2. The molecular formula is C11H11NO2S.